The second-order valence-electron chi connectivity index (χ2n) is 3.45. The van der Waals surface area contributed by atoms with Crippen molar-refractivity contribution in [3.05, 3.63) is 0 Å². The van der Waals surface area contributed by atoms with Crippen LogP contribution in [0.5, 0.6) is 0 Å². The summed E-state index contributed by atoms with van der Waals surface area (Å²) in [7, 11) is 0. The van der Waals surface area contributed by atoms with Crippen molar-refractivity contribution < 1.29 is 5.11 Å². The third kappa shape index (κ3) is 1.52. The number of hydrogen-bond acceptors (Lipinski definition) is 3. The standard InChI is InChI=1S/C8H14N2O/c1-6-4-10-7(2)3-8(6,11)5-9/h6-7,10-11H,3-4H2,1-2H3/t6-,7+,8-/m0/s1. The van der Waals surface area contributed by atoms with Gasteiger partial charge in [0.15, 0.2) is 5.60 Å². The maximum absolute atomic E-state index is 9.72. The Labute approximate surface area is 67.0 Å². The van der Waals surface area contributed by atoms with E-state index in [-0.39, 0.29) is 12.0 Å². The second kappa shape index (κ2) is 2.80. The van der Waals surface area contributed by atoms with Gasteiger partial charge in [0.1, 0.15) is 0 Å². The molecule has 0 amide bonds. The van der Waals surface area contributed by atoms with Crippen molar-refractivity contribution in [1.29, 1.82) is 5.26 Å². The van der Waals surface area contributed by atoms with Crippen molar-refractivity contribution in [2.24, 2.45) is 5.92 Å². The molecule has 0 aromatic rings. The lowest BCUT2D eigenvalue weighted by Crippen LogP contribution is -2.52. The van der Waals surface area contributed by atoms with Gasteiger partial charge in [-0.1, -0.05) is 6.92 Å². The molecule has 0 aromatic heterocycles. The van der Waals surface area contributed by atoms with Gasteiger partial charge in [-0.25, -0.2) is 0 Å². The molecule has 0 saturated carbocycles. The molecule has 0 aromatic carbocycles. The van der Waals surface area contributed by atoms with E-state index in [1.807, 2.05) is 19.9 Å². The average Bonchev–Trinajstić information content (AvgIpc) is 1.98. The Kier molecular flexibility index (Phi) is 2.17. The minimum absolute atomic E-state index is 0.0312. The quantitative estimate of drug-likeness (QED) is 0.492. The number of hydrogen-bond donors (Lipinski definition) is 2. The minimum Gasteiger partial charge on any atom is -0.375 e. The number of nitrogens with zero attached hydrogens (tertiary/aromatic N) is 1. The Bertz CT molecular complexity index is 187. The molecule has 0 aliphatic carbocycles. The van der Waals surface area contributed by atoms with Crippen molar-refractivity contribution in [2.75, 3.05) is 6.54 Å². The summed E-state index contributed by atoms with van der Waals surface area (Å²) in [5.41, 5.74) is -1.11. The van der Waals surface area contributed by atoms with Crippen LogP contribution in [0.1, 0.15) is 20.3 Å². The molecule has 11 heavy (non-hydrogen) atoms. The Morgan fingerprint density at radius 1 is 1.64 bits per heavy atom. The molecule has 1 aliphatic rings. The highest BCUT2D eigenvalue weighted by atomic mass is 16.3. The summed E-state index contributed by atoms with van der Waals surface area (Å²) in [6.45, 7) is 4.60. The maximum Gasteiger partial charge on any atom is 0.156 e. The van der Waals surface area contributed by atoms with Crippen LogP contribution in [0.25, 0.3) is 0 Å². The molecular formula is C8H14N2O. The van der Waals surface area contributed by atoms with E-state index in [1.54, 1.807) is 0 Å². The fraction of sp³-hybridized carbons (Fsp3) is 0.875. The summed E-state index contributed by atoms with van der Waals surface area (Å²) in [5.74, 6) is 0.0312. The van der Waals surface area contributed by atoms with E-state index in [2.05, 4.69) is 5.32 Å². The van der Waals surface area contributed by atoms with Crippen LogP contribution in [0.4, 0.5) is 0 Å². The molecule has 1 rings (SSSR count). The van der Waals surface area contributed by atoms with Gasteiger partial charge in [0.05, 0.1) is 6.07 Å². The van der Waals surface area contributed by atoms with Crippen molar-refractivity contribution in [1.82, 2.24) is 5.32 Å². The Balaban J connectivity index is 2.70. The summed E-state index contributed by atoms with van der Waals surface area (Å²) in [4.78, 5) is 0. The fourth-order valence-electron chi connectivity index (χ4n) is 1.44. The van der Waals surface area contributed by atoms with Gasteiger partial charge in [-0.2, -0.15) is 5.26 Å². The Hall–Kier alpha value is -0.590. The molecule has 1 heterocycles. The zero-order chi connectivity index (χ0) is 8.48. The SMILES string of the molecule is C[C@@H]1C[C@](O)(C#N)[C@@H](C)CN1. The molecule has 3 heteroatoms. The zero-order valence-electron chi connectivity index (χ0n) is 6.96. The first-order valence-corrected chi connectivity index (χ1v) is 3.95. The van der Waals surface area contributed by atoms with Gasteiger partial charge in [0.2, 0.25) is 0 Å². The smallest absolute Gasteiger partial charge is 0.156 e. The van der Waals surface area contributed by atoms with E-state index in [0.29, 0.717) is 6.42 Å². The molecular weight excluding hydrogens is 140 g/mol. The predicted molar refractivity (Wildman–Crippen MR) is 41.8 cm³/mol. The molecule has 3 atom stereocenters. The topological polar surface area (TPSA) is 56.0 Å². The number of piperidine rings is 1. The summed E-state index contributed by atoms with van der Waals surface area (Å²) in [5, 5.41) is 21.6. The first kappa shape index (κ1) is 8.51. The summed E-state index contributed by atoms with van der Waals surface area (Å²) < 4.78 is 0. The summed E-state index contributed by atoms with van der Waals surface area (Å²) >= 11 is 0. The number of aliphatic hydroxyl groups is 1. The molecule has 62 valence electrons. The largest absolute Gasteiger partial charge is 0.375 e. The van der Waals surface area contributed by atoms with Crippen LogP contribution >= 0.6 is 0 Å². The van der Waals surface area contributed by atoms with E-state index >= 15 is 0 Å². The first-order chi connectivity index (χ1) is 5.08. The summed E-state index contributed by atoms with van der Waals surface area (Å²) in [6, 6.07) is 2.22. The maximum atomic E-state index is 9.72. The van der Waals surface area contributed by atoms with E-state index < -0.39 is 5.60 Å². The van der Waals surface area contributed by atoms with Crippen LogP contribution in [-0.4, -0.2) is 23.3 Å². The van der Waals surface area contributed by atoms with Crippen LogP contribution in [0.3, 0.4) is 0 Å². The molecule has 2 N–H and O–H groups in total. The molecule has 0 spiro atoms. The molecule has 0 radical (unpaired) electrons. The lowest BCUT2D eigenvalue weighted by molar-refractivity contribution is 0.00574. The van der Waals surface area contributed by atoms with Crippen LogP contribution in [0.15, 0.2) is 0 Å². The Morgan fingerprint density at radius 3 is 2.73 bits per heavy atom. The van der Waals surface area contributed by atoms with Crippen LogP contribution in [0, 0.1) is 17.2 Å². The van der Waals surface area contributed by atoms with Crippen molar-refractivity contribution >= 4 is 0 Å². The third-order valence-corrected chi connectivity index (χ3v) is 2.40. The van der Waals surface area contributed by atoms with Crippen LogP contribution < -0.4 is 5.32 Å². The van der Waals surface area contributed by atoms with Crippen molar-refractivity contribution in [2.45, 2.75) is 31.9 Å². The lowest BCUT2D eigenvalue weighted by atomic mass is 9.81. The van der Waals surface area contributed by atoms with E-state index in [4.69, 9.17) is 5.26 Å². The molecule has 1 fully saturated rings. The molecule has 0 bridgehead atoms. The van der Waals surface area contributed by atoms with Crippen molar-refractivity contribution in [3.63, 3.8) is 0 Å². The second-order valence-corrected chi connectivity index (χ2v) is 3.45. The van der Waals surface area contributed by atoms with E-state index in [0.717, 1.165) is 6.54 Å². The first-order valence-electron chi connectivity index (χ1n) is 3.95. The highest BCUT2D eigenvalue weighted by molar-refractivity contribution is 5.07. The van der Waals surface area contributed by atoms with Gasteiger partial charge >= 0.3 is 0 Å². The molecule has 0 unspecified atom stereocenters. The van der Waals surface area contributed by atoms with Gasteiger partial charge in [-0.05, 0) is 6.92 Å². The monoisotopic (exact) mass is 154 g/mol. The van der Waals surface area contributed by atoms with Crippen molar-refractivity contribution in [3.8, 4) is 6.07 Å². The van der Waals surface area contributed by atoms with E-state index in [9.17, 15) is 5.11 Å². The van der Waals surface area contributed by atoms with Crippen LogP contribution in [0.2, 0.25) is 0 Å². The third-order valence-electron chi connectivity index (χ3n) is 2.40. The minimum atomic E-state index is -1.11. The van der Waals surface area contributed by atoms with Gasteiger partial charge in [0, 0.05) is 24.9 Å². The average molecular weight is 154 g/mol. The van der Waals surface area contributed by atoms with E-state index in [1.165, 1.54) is 0 Å². The fourth-order valence-corrected chi connectivity index (χ4v) is 1.44. The molecule has 1 saturated heterocycles. The normalized spacial score (nSPS) is 44.9. The predicted octanol–water partition coefficient (Wildman–Crippen LogP) is 0.259. The van der Waals surface area contributed by atoms with Crippen LogP contribution in [-0.2, 0) is 0 Å². The number of nitriles is 1. The van der Waals surface area contributed by atoms with Gasteiger partial charge in [-0.3, -0.25) is 0 Å². The van der Waals surface area contributed by atoms with Gasteiger partial charge in [-0.15, -0.1) is 0 Å². The van der Waals surface area contributed by atoms with Gasteiger partial charge in [0.25, 0.3) is 0 Å². The zero-order valence-corrected chi connectivity index (χ0v) is 6.96. The highest BCUT2D eigenvalue weighted by Crippen LogP contribution is 2.25. The summed E-state index contributed by atoms with van der Waals surface area (Å²) in [6.07, 6.45) is 0.532. The number of rotatable bonds is 0. The highest BCUT2D eigenvalue weighted by Gasteiger charge is 2.38. The molecule has 1 aliphatic heterocycles. The number of nitrogens with one attached hydrogen (secondary N) is 1. The Morgan fingerprint density at radius 2 is 2.27 bits per heavy atom. The van der Waals surface area contributed by atoms with Gasteiger partial charge < -0.3 is 10.4 Å². The lowest BCUT2D eigenvalue weighted by Gasteiger charge is -2.36. The molecule has 3 nitrogen and oxygen atoms in total.